The zero-order chi connectivity index (χ0) is 15.8. The van der Waals surface area contributed by atoms with Crippen LogP contribution in [-0.2, 0) is 0 Å². The normalized spacial score (nSPS) is 22.7. The summed E-state index contributed by atoms with van der Waals surface area (Å²) < 4.78 is 0. The van der Waals surface area contributed by atoms with Crippen LogP contribution in [0.4, 0.5) is 0 Å². The van der Waals surface area contributed by atoms with Crippen molar-refractivity contribution in [3.05, 3.63) is 93.7 Å². The molecule has 1 saturated carbocycles. The van der Waals surface area contributed by atoms with Crippen molar-refractivity contribution < 1.29 is 4.79 Å². The number of carbonyl (C=O) groups excluding carboxylic acids is 1. The largest absolute Gasteiger partial charge is 0.294 e. The van der Waals surface area contributed by atoms with Crippen molar-refractivity contribution in [1.82, 2.24) is 0 Å². The number of ketones is 1. The predicted molar refractivity (Wildman–Crippen MR) is 95.2 cm³/mol. The lowest BCUT2D eigenvalue weighted by Gasteiger charge is -2.01. The van der Waals surface area contributed by atoms with Crippen LogP contribution in [0, 0.1) is 12.8 Å². The SMILES string of the molecule is Cc1ccc(C(=O)[C@@H]2[C@@H](c3ccccc3)[C@H]2c2cccs2)cc1. The second-order valence-corrected chi connectivity index (χ2v) is 7.21. The fourth-order valence-corrected chi connectivity index (χ4v) is 4.39. The highest BCUT2D eigenvalue weighted by atomic mass is 32.1. The standard InChI is InChI=1S/C21H18OS/c1-14-9-11-16(12-10-14)21(22)20-18(15-6-3-2-4-7-15)19(20)17-8-5-13-23-17/h2-13,18-20H,1H3/t18-,19+,20+/m0/s1. The number of benzene rings is 2. The van der Waals surface area contributed by atoms with E-state index in [4.69, 9.17) is 0 Å². The summed E-state index contributed by atoms with van der Waals surface area (Å²) in [5, 5.41) is 2.10. The summed E-state index contributed by atoms with van der Waals surface area (Å²) in [7, 11) is 0. The molecule has 0 amide bonds. The number of rotatable bonds is 4. The summed E-state index contributed by atoms with van der Waals surface area (Å²) >= 11 is 1.76. The van der Waals surface area contributed by atoms with Gasteiger partial charge in [-0.05, 0) is 23.9 Å². The molecule has 0 bridgehead atoms. The first-order valence-electron chi connectivity index (χ1n) is 7.95. The number of hydrogen-bond acceptors (Lipinski definition) is 2. The Morgan fingerprint density at radius 1 is 0.870 bits per heavy atom. The lowest BCUT2D eigenvalue weighted by atomic mass is 10.0. The highest BCUT2D eigenvalue weighted by Crippen LogP contribution is 2.62. The van der Waals surface area contributed by atoms with Crippen LogP contribution >= 0.6 is 11.3 Å². The van der Waals surface area contributed by atoms with Crippen LogP contribution in [-0.4, -0.2) is 5.78 Å². The second-order valence-electron chi connectivity index (χ2n) is 6.23. The molecule has 0 N–H and O–H groups in total. The Morgan fingerprint density at radius 3 is 2.26 bits per heavy atom. The number of carbonyl (C=O) groups is 1. The zero-order valence-corrected chi connectivity index (χ0v) is 13.8. The topological polar surface area (TPSA) is 17.1 Å². The van der Waals surface area contributed by atoms with E-state index in [9.17, 15) is 4.79 Å². The van der Waals surface area contributed by atoms with Gasteiger partial charge in [0.05, 0.1) is 0 Å². The maximum atomic E-state index is 13.0. The van der Waals surface area contributed by atoms with Gasteiger partial charge < -0.3 is 0 Å². The summed E-state index contributed by atoms with van der Waals surface area (Å²) in [5.41, 5.74) is 3.30. The first-order chi connectivity index (χ1) is 11.3. The highest BCUT2D eigenvalue weighted by molar-refractivity contribution is 7.10. The molecule has 0 saturated heterocycles. The van der Waals surface area contributed by atoms with Crippen molar-refractivity contribution >= 4 is 17.1 Å². The Kier molecular flexibility index (Phi) is 3.62. The molecule has 1 aromatic heterocycles. The first kappa shape index (κ1) is 14.4. The molecule has 3 aromatic rings. The Labute approximate surface area is 140 Å². The molecule has 3 atom stereocenters. The minimum Gasteiger partial charge on any atom is -0.294 e. The molecule has 1 aliphatic rings. The van der Waals surface area contributed by atoms with E-state index >= 15 is 0 Å². The number of thiophene rings is 1. The molecule has 1 fully saturated rings. The van der Waals surface area contributed by atoms with E-state index in [2.05, 4.69) is 41.8 Å². The van der Waals surface area contributed by atoms with Crippen molar-refractivity contribution in [2.45, 2.75) is 18.8 Å². The van der Waals surface area contributed by atoms with Crippen molar-refractivity contribution in [2.24, 2.45) is 5.92 Å². The second kappa shape index (κ2) is 5.78. The molecule has 1 aliphatic carbocycles. The highest BCUT2D eigenvalue weighted by Gasteiger charge is 2.56. The van der Waals surface area contributed by atoms with Crippen LogP contribution in [0.5, 0.6) is 0 Å². The van der Waals surface area contributed by atoms with E-state index in [1.807, 2.05) is 37.3 Å². The van der Waals surface area contributed by atoms with Crippen LogP contribution < -0.4 is 0 Å². The molecule has 114 valence electrons. The van der Waals surface area contributed by atoms with Gasteiger partial charge in [0.15, 0.2) is 5.78 Å². The molecule has 2 heteroatoms. The van der Waals surface area contributed by atoms with Crippen LogP contribution in [0.1, 0.15) is 38.2 Å². The average Bonchev–Trinajstić information content (AvgIpc) is 3.09. The van der Waals surface area contributed by atoms with E-state index < -0.39 is 0 Å². The quantitative estimate of drug-likeness (QED) is 0.586. The summed E-state index contributed by atoms with van der Waals surface area (Å²) in [4.78, 5) is 14.3. The first-order valence-corrected chi connectivity index (χ1v) is 8.83. The molecule has 1 heterocycles. The number of hydrogen-bond donors (Lipinski definition) is 0. The van der Waals surface area contributed by atoms with Crippen LogP contribution in [0.25, 0.3) is 0 Å². The number of aryl methyl sites for hydroxylation is 1. The summed E-state index contributed by atoms with van der Waals surface area (Å²) in [5.74, 6) is 0.978. The summed E-state index contributed by atoms with van der Waals surface area (Å²) in [6.07, 6.45) is 0. The van der Waals surface area contributed by atoms with Gasteiger partial charge in [0.1, 0.15) is 0 Å². The lowest BCUT2D eigenvalue weighted by molar-refractivity contribution is 0.0963. The van der Waals surface area contributed by atoms with E-state index in [1.165, 1.54) is 16.0 Å². The molecule has 0 radical (unpaired) electrons. The fourth-order valence-electron chi connectivity index (χ4n) is 3.47. The maximum absolute atomic E-state index is 13.0. The molecule has 0 spiro atoms. The van der Waals surface area contributed by atoms with Gasteiger partial charge in [-0.2, -0.15) is 0 Å². The molecule has 0 aliphatic heterocycles. The van der Waals surface area contributed by atoms with Gasteiger partial charge in [-0.1, -0.05) is 66.2 Å². The molecule has 0 unspecified atom stereocenters. The van der Waals surface area contributed by atoms with Gasteiger partial charge in [-0.3, -0.25) is 4.79 Å². The van der Waals surface area contributed by atoms with E-state index in [1.54, 1.807) is 11.3 Å². The zero-order valence-electron chi connectivity index (χ0n) is 13.0. The molecule has 2 aromatic carbocycles. The number of Topliss-reactive ketones (excluding diaryl/α,β-unsaturated/α-hetero) is 1. The maximum Gasteiger partial charge on any atom is 0.167 e. The monoisotopic (exact) mass is 318 g/mol. The third-order valence-corrected chi connectivity index (χ3v) is 5.69. The van der Waals surface area contributed by atoms with Crippen LogP contribution in [0.2, 0.25) is 0 Å². The van der Waals surface area contributed by atoms with E-state index in [0.717, 1.165) is 5.56 Å². The Hall–Kier alpha value is -2.19. The van der Waals surface area contributed by atoms with Crippen molar-refractivity contribution in [2.75, 3.05) is 0 Å². The van der Waals surface area contributed by atoms with E-state index in [-0.39, 0.29) is 11.7 Å². The van der Waals surface area contributed by atoms with Gasteiger partial charge in [-0.25, -0.2) is 0 Å². The molecular formula is C21H18OS. The van der Waals surface area contributed by atoms with Gasteiger partial charge >= 0.3 is 0 Å². The molecular weight excluding hydrogens is 300 g/mol. The Morgan fingerprint density at radius 2 is 1.61 bits per heavy atom. The van der Waals surface area contributed by atoms with Gasteiger partial charge in [0.2, 0.25) is 0 Å². The van der Waals surface area contributed by atoms with Gasteiger partial charge in [0, 0.05) is 28.2 Å². The van der Waals surface area contributed by atoms with Crippen LogP contribution in [0.15, 0.2) is 72.1 Å². The van der Waals surface area contributed by atoms with Gasteiger partial charge in [0.25, 0.3) is 0 Å². The van der Waals surface area contributed by atoms with Crippen molar-refractivity contribution in [3.8, 4) is 0 Å². The van der Waals surface area contributed by atoms with E-state index in [0.29, 0.717) is 11.8 Å². The van der Waals surface area contributed by atoms with Crippen molar-refractivity contribution in [3.63, 3.8) is 0 Å². The average molecular weight is 318 g/mol. The Bertz CT molecular complexity index is 803. The smallest absolute Gasteiger partial charge is 0.167 e. The molecule has 23 heavy (non-hydrogen) atoms. The Balaban J connectivity index is 1.68. The summed E-state index contributed by atoms with van der Waals surface area (Å²) in [6.45, 7) is 2.05. The summed E-state index contributed by atoms with van der Waals surface area (Å²) in [6, 6.07) is 22.7. The third kappa shape index (κ3) is 2.64. The van der Waals surface area contributed by atoms with Crippen molar-refractivity contribution in [1.29, 1.82) is 0 Å². The third-order valence-electron chi connectivity index (χ3n) is 4.71. The van der Waals surface area contributed by atoms with Gasteiger partial charge in [-0.15, -0.1) is 11.3 Å². The van der Waals surface area contributed by atoms with Crippen LogP contribution in [0.3, 0.4) is 0 Å². The lowest BCUT2D eigenvalue weighted by Crippen LogP contribution is -2.04. The minimum absolute atomic E-state index is 0.0683. The fraction of sp³-hybridized carbons (Fsp3) is 0.190. The predicted octanol–water partition coefficient (Wildman–Crippen LogP) is 5.44. The minimum atomic E-state index is 0.0683. The molecule has 4 rings (SSSR count). The molecule has 1 nitrogen and oxygen atoms in total.